The van der Waals surface area contributed by atoms with Crippen molar-refractivity contribution in [3.8, 4) is 0 Å². The Labute approximate surface area is 124 Å². The molecule has 1 aromatic heterocycles. The summed E-state index contributed by atoms with van der Waals surface area (Å²) in [6.07, 6.45) is 1.50. The molecule has 1 aliphatic rings. The van der Waals surface area contributed by atoms with Crippen molar-refractivity contribution in [1.82, 2.24) is 9.55 Å². The number of ether oxygens (including phenoxy) is 1. The predicted molar refractivity (Wildman–Crippen MR) is 65.1 cm³/mol. The molecule has 2 heterocycles. The third-order valence-corrected chi connectivity index (χ3v) is 3.71. The number of halogens is 2. The van der Waals surface area contributed by atoms with Gasteiger partial charge < -0.3 is 0 Å². The van der Waals surface area contributed by atoms with E-state index in [2.05, 4.69) is 8.11 Å². The maximum absolute atomic E-state index is 13.5. The van der Waals surface area contributed by atoms with E-state index in [1.807, 2.05) is 0 Å². The van der Waals surface area contributed by atoms with Crippen molar-refractivity contribution in [2.24, 2.45) is 0 Å². The van der Waals surface area contributed by atoms with E-state index in [0.29, 0.717) is 46.1 Å². The summed E-state index contributed by atoms with van der Waals surface area (Å²) in [7, 11) is 0.500. The fraction of sp³-hybridized carbons (Fsp3) is 0.600. The molecular formula is C10H14F2N3O3Tl. The van der Waals surface area contributed by atoms with Crippen molar-refractivity contribution < 1.29 is 18.6 Å². The molecule has 104 valence electrons. The quantitative estimate of drug-likeness (QED) is 0.620. The number of nitrogens with zero attached hydrogens (tertiary/aromatic N) is 2. The first kappa shape index (κ1) is 16.4. The zero-order valence-corrected chi connectivity index (χ0v) is 14.8. The van der Waals surface area contributed by atoms with Crippen molar-refractivity contribution in [1.29, 1.82) is 0 Å². The molecule has 9 heteroatoms. The van der Waals surface area contributed by atoms with Crippen LogP contribution in [0.3, 0.4) is 0 Å². The normalized spacial score (nSPS) is 21.6. The molecule has 0 bridgehead atoms. The third kappa shape index (κ3) is 3.92. The number of aliphatic hydroxyl groups is 1. The molecule has 2 N–H and O–H groups in total. The summed E-state index contributed by atoms with van der Waals surface area (Å²) in [5.74, 6) is -0.573. The molecule has 2 atom stereocenters. The van der Waals surface area contributed by atoms with Gasteiger partial charge in [-0.15, -0.1) is 0 Å². The average Bonchev–Trinajstić information content (AvgIpc) is 2.91. The van der Waals surface area contributed by atoms with E-state index in [9.17, 15) is 13.6 Å². The van der Waals surface area contributed by atoms with Gasteiger partial charge >= 0.3 is 113 Å². The van der Waals surface area contributed by atoms with Crippen LogP contribution in [0.1, 0.15) is 19.1 Å². The standard InChI is InChI=1S/C9H12FN3O3.CH3F.Tl/c10-6-3-13(9(15)12-8(6)11)7-2-1-5(4-14)16-7;1-2;/h3,5,7,14H,1-2,4H2,(H2,11,12,15);1H3;/q;;+1/p-1. The number of rotatable bonds is 3. The molecule has 19 heavy (non-hydrogen) atoms. The predicted octanol–water partition coefficient (Wildman–Crippen LogP) is 0.133. The van der Waals surface area contributed by atoms with Crippen LogP contribution in [0.2, 0.25) is 0 Å². The van der Waals surface area contributed by atoms with Crippen molar-refractivity contribution in [2.45, 2.75) is 25.2 Å². The number of aliphatic hydroxyl groups excluding tert-OH is 1. The molecule has 2 unspecified atom stereocenters. The third-order valence-electron chi connectivity index (χ3n) is 2.64. The summed E-state index contributed by atoms with van der Waals surface area (Å²) in [6.45, 7) is -0.0948. The van der Waals surface area contributed by atoms with Crippen LogP contribution in [0.15, 0.2) is 11.0 Å². The summed E-state index contributed by atoms with van der Waals surface area (Å²) < 4.78 is 32.2. The van der Waals surface area contributed by atoms with Gasteiger partial charge in [-0.3, -0.25) is 4.39 Å². The van der Waals surface area contributed by atoms with Gasteiger partial charge in [0.25, 0.3) is 0 Å². The Bertz CT molecular complexity index is 472. The SMILES string of the molecule is CF.O=c1nc([NH][Tl])c(F)cn1C1CCC(CO)O1. The fourth-order valence-corrected chi connectivity index (χ4v) is 2.57. The second kappa shape index (κ2) is 7.85. The van der Waals surface area contributed by atoms with E-state index in [1.54, 1.807) is 0 Å². The van der Waals surface area contributed by atoms with Crippen LogP contribution in [-0.2, 0) is 4.74 Å². The van der Waals surface area contributed by atoms with E-state index in [1.165, 1.54) is 0 Å². The van der Waals surface area contributed by atoms with Gasteiger partial charge in [-0.1, -0.05) is 0 Å². The van der Waals surface area contributed by atoms with E-state index in [4.69, 9.17) is 9.84 Å². The van der Waals surface area contributed by atoms with Gasteiger partial charge in [0.1, 0.15) is 0 Å². The Hall–Kier alpha value is -0.618. The molecule has 2 rings (SSSR count). The molecule has 1 aliphatic heterocycles. The van der Waals surface area contributed by atoms with E-state index < -0.39 is 17.7 Å². The van der Waals surface area contributed by atoms with Crippen LogP contribution < -0.4 is 8.82 Å². The Morgan fingerprint density at radius 1 is 1.63 bits per heavy atom. The molecule has 1 aromatic rings. The van der Waals surface area contributed by atoms with Gasteiger partial charge in [0.05, 0.1) is 7.18 Å². The maximum atomic E-state index is 13.5. The first-order valence-electron chi connectivity index (χ1n) is 5.55. The van der Waals surface area contributed by atoms with Gasteiger partial charge in [-0.05, 0) is 0 Å². The van der Waals surface area contributed by atoms with E-state index in [-0.39, 0.29) is 18.5 Å². The molecule has 1 fully saturated rings. The Balaban J connectivity index is 0.000000861. The molecule has 0 saturated carbocycles. The van der Waals surface area contributed by atoms with Gasteiger partial charge in [-0.2, -0.15) is 0 Å². The summed E-state index contributed by atoms with van der Waals surface area (Å²) in [6, 6.07) is 0. The first-order chi connectivity index (χ1) is 9.15. The number of nitrogens with one attached hydrogen (secondary N) is 1. The van der Waals surface area contributed by atoms with Crippen LogP contribution in [0.4, 0.5) is 14.6 Å². The van der Waals surface area contributed by atoms with E-state index >= 15 is 0 Å². The Morgan fingerprint density at radius 2 is 2.32 bits per heavy atom. The minimum atomic E-state index is -0.567. The number of hydrogen-bond donors (Lipinski definition) is 2. The molecule has 0 aromatic carbocycles. The molecule has 6 nitrogen and oxygen atoms in total. The van der Waals surface area contributed by atoms with Crippen LogP contribution in [0.5, 0.6) is 0 Å². The van der Waals surface area contributed by atoms with Crippen LogP contribution in [0.25, 0.3) is 0 Å². The summed E-state index contributed by atoms with van der Waals surface area (Å²) in [5, 5.41) is 8.93. The molecule has 1 saturated heterocycles. The number of anilines is 1. The fourth-order valence-electron chi connectivity index (χ4n) is 1.78. The monoisotopic (exact) mass is 467 g/mol. The Morgan fingerprint density at radius 3 is 2.84 bits per heavy atom. The molecule has 0 radical (unpaired) electrons. The first-order valence-corrected chi connectivity index (χ1v) is 7.79. The summed E-state index contributed by atoms with van der Waals surface area (Å²) >= 11 is 0.318. The summed E-state index contributed by atoms with van der Waals surface area (Å²) in [5.41, 5.74) is -0.543. The van der Waals surface area contributed by atoms with Crippen molar-refractivity contribution in [3.05, 3.63) is 22.5 Å². The van der Waals surface area contributed by atoms with Crippen LogP contribution in [0, 0.1) is 5.82 Å². The van der Waals surface area contributed by atoms with Gasteiger partial charge in [0.2, 0.25) is 0 Å². The van der Waals surface area contributed by atoms with Crippen molar-refractivity contribution in [2.75, 3.05) is 16.9 Å². The molecule has 0 spiro atoms. The zero-order valence-electron chi connectivity index (χ0n) is 10.3. The molecule has 0 aliphatic carbocycles. The van der Waals surface area contributed by atoms with Crippen LogP contribution in [-0.4, -0.2) is 60.6 Å². The van der Waals surface area contributed by atoms with Gasteiger partial charge in [0, 0.05) is 0 Å². The second-order valence-electron chi connectivity index (χ2n) is 3.74. The van der Waals surface area contributed by atoms with Gasteiger partial charge in [0.15, 0.2) is 0 Å². The average molecular weight is 467 g/mol. The number of alkyl halides is 1. The van der Waals surface area contributed by atoms with Gasteiger partial charge in [-0.25, -0.2) is 0 Å². The Kier molecular flexibility index (Phi) is 6.79. The zero-order chi connectivity index (χ0) is 14.4. The number of hydrogen-bond acceptors (Lipinski definition) is 5. The van der Waals surface area contributed by atoms with Crippen LogP contribution >= 0.6 is 0 Å². The number of aromatic nitrogens is 2. The second-order valence-corrected chi connectivity index (χ2v) is 4.87. The van der Waals surface area contributed by atoms with Crippen molar-refractivity contribution in [3.63, 3.8) is 0 Å². The molecule has 0 amide bonds. The summed E-state index contributed by atoms with van der Waals surface area (Å²) in [4.78, 5) is 15.3. The molecular weight excluding hydrogens is 453 g/mol. The van der Waals surface area contributed by atoms with E-state index in [0.717, 1.165) is 10.8 Å². The van der Waals surface area contributed by atoms with Crippen molar-refractivity contribution >= 4 is 31.9 Å². The minimum absolute atomic E-state index is 0.00652. The topological polar surface area (TPSA) is 76.4 Å².